The highest BCUT2D eigenvalue weighted by Gasteiger charge is 2.24. The third kappa shape index (κ3) is 4.89. The molecule has 0 saturated carbocycles. The van der Waals surface area contributed by atoms with E-state index >= 15 is 0 Å². The predicted octanol–water partition coefficient (Wildman–Crippen LogP) is 4.33. The first-order valence-corrected chi connectivity index (χ1v) is 11.7. The quantitative estimate of drug-likeness (QED) is 0.393. The Morgan fingerprint density at radius 3 is 2.29 bits per heavy atom. The lowest BCUT2D eigenvalue weighted by molar-refractivity contribution is -0.134. The molecule has 1 aromatic heterocycles. The van der Waals surface area contributed by atoms with Gasteiger partial charge >= 0.3 is 5.97 Å². The summed E-state index contributed by atoms with van der Waals surface area (Å²) in [6.45, 7) is 2.24. The minimum Gasteiger partial charge on any atom is -0.452 e. The maximum absolute atomic E-state index is 14.1. The van der Waals surface area contributed by atoms with Gasteiger partial charge in [-0.3, -0.25) is 4.79 Å². The first-order chi connectivity index (χ1) is 17.1. The maximum atomic E-state index is 14.1. The molecule has 2 heterocycles. The lowest BCUT2D eigenvalue weighted by Gasteiger charge is -2.36. The number of fused-ring (bicyclic) bond motifs is 1. The summed E-state index contributed by atoms with van der Waals surface area (Å²) in [5.41, 5.74) is 3.03. The zero-order valence-corrected chi connectivity index (χ0v) is 19.3. The highest BCUT2D eigenvalue weighted by Crippen LogP contribution is 2.24. The van der Waals surface area contributed by atoms with Crippen LogP contribution in [0.5, 0.6) is 0 Å². The number of para-hydroxylation sites is 2. The Morgan fingerprint density at radius 1 is 0.829 bits per heavy atom. The zero-order valence-electron chi connectivity index (χ0n) is 19.3. The van der Waals surface area contributed by atoms with Gasteiger partial charge in [0.05, 0.1) is 11.3 Å². The molecule has 1 amide bonds. The second kappa shape index (κ2) is 10.0. The molecule has 1 aliphatic heterocycles. The van der Waals surface area contributed by atoms with Gasteiger partial charge in [0.15, 0.2) is 6.61 Å². The van der Waals surface area contributed by atoms with Gasteiger partial charge in [0.1, 0.15) is 5.82 Å². The van der Waals surface area contributed by atoms with Crippen LogP contribution in [-0.4, -0.2) is 54.1 Å². The number of halogens is 1. The lowest BCUT2D eigenvalue weighted by atomic mass is 10.2. The molecule has 35 heavy (non-hydrogen) atoms. The number of hydrogen-bond acceptors (Lipinski definition) is 4. The van der Waals surface area contributed by atoms with Gasteiger partial charge in [-0.1, -0.05) is 60.7 Å². The molecule has 1 saturated heterocycles. The van der Waals surface area contributed by atoms with Crippen molar-refractivity contribution in [2.45, 2.75) is 6.54 Å². The Kier molecular flexibility index (Phi) is 6.48. The van der Waals surface area contributed by atoms with Gasteiger partial charge < -0.3 is 19.1 Å². The molecule has 178 valence electrons. The topological polar surface area (TPSA) is 54.8 Å². The van der Waals surface area contributed by atoms with E-state index in [9.17, 15) is 14.0 Å². The number of anilines is 1. The van der Waals surface area contributed by atoms with Crippen molar-refractivity contribution in [2.24, 2.45) is 0 Å². The molecule has 5 rings (SSSR count). The highest BCUT2D eigenvalue weighted by molar-refractivity contribution is 6.04. The van der Waals surface area contributed by atoms with Gasteiger partial charge in [0.2, 0.25) is 0 Å². The second-order valence-electron chi connectivity index (χ2n) is 8.57. The van der Waals surface area contributed by atoms with Crippen LogP contribution in [0.2, 0.25) is 0 Å². The molecule has 7 heteroatoms. The van der Waals surface area contributed by atoms with E-state index in [0.717, 1.165) is 16.5 Å². The van der Waals surface area contributed by atoms with Crippen LogP contribution in [0.15, 0.2) is 85.1 Å². The van der Waals surface area contributed by atoms with Crippen LogP contribution in [0.25, 0.3) is 10.9 Å². The van der Waals surface area contributed by atoms with Crippen LogP contribution in [0.3, 0.4) is 0 Å². The minimum absolute atomic E-state index is 0.250. The van der Waals surface area contributed by atoms with E-state index in [1.165, 1.54) is 6.07 Å². The number of benzene rings is 3. The van der Waals surface area contributed by atoms with Crippen LogP contribution in [0.1, 0.15) is 15.9 Å². The summed E-state index contributed by atoms with van der Waals surface area (Å²) < 4.78 is 21.5. The highest BCUT2D eigenvalue weighted by atomic mass is 19.1. The first-order valence-electron chi connectivity index (χ1n) is 11.7. The largest absolute Gasteiger partial charge is 0.452 e. The Labute approximate surface area is 203 Å². The fourth-order valence-corrected chi connectivity index (χ4v) is 4.52. The van der Waals surface area contributed by atoms with Crippen molar-refractivity contribution in [1.29, 1.82) is 0 Å². The first kappa shape index (κ1) is 22.7. The SMILES string of the molecule is O=C(OCC(=O)N1CCN(c2ccccc2F)CC1)c1cn(Cc2ccccc2)c2ccccc12. The molecular formula is C28H26FN3O3. The molecule has 1 aliphatic rings. The van der Waals surface area contributed by atoms with Crippen molar-refractivity contribution in [3.05, 3.63) is 102 Å². The van der Waals surface area contributed by atoms with Crippen molar-refractivity contribution in [2.75, 3.05) is 37.7 Å². The predicted molar refractivity (Wildman–Crippen MR) is 133 cm³/mol. The number of piperazine rings is 1. The molecule has 0 N–H and O–H groups in total. The van der Waals surface area contributed by atoms with Crippen LogP contribution in [0, 0.1) is 5.82 Å². The molecule has 0 bridgehead atoms. The van der Waals surface area contributed by atoms with Crippen molar-refractivity contribution in [3.63, 3.8) is 0 Å². The van der Waals surface area contributed by atoms with Gasteiger partial charge in [0, 0.05) is 49.8 Å². The Morgan fingerprint density at radius 2 is 1.51 bits per heavy atom. The molecule has 1 fully saturated rings. The number of nitrogens with zero attached hydrogens (tertiary/aromatic N) is 3. The summed E-state index contributed by atoms with van der Waals surface area (Å²) in [7, 11) is 0. The average molecular weight is 472 g/mol. The van der Waals surface area contributed by atoms with E-state index in [2.05, 4.69) is 0 Å². The Hall–Kier alpha value is -4.13. The van der Waals surface area contributed by atoms with E-state index < -0.39 is 5.97 Å². The molecule has 4 aromatic rings. The standard InChI is InChI=1S/C28H26FN3O3/c29-24-11-5-7-13-26(24)30-14-16-31(17-15-30)27(33)20-35-28(34)23-19-32(18-21-8-2-1-3-9-21)25-12-6-4-10-22(23)25/h1-13,19H,14-18,20H2. The molecule has 0 unspecified atom stereocenters. The fraction of sp³-hybridized carbons (Fsp3) is 0.214. The Bertz CT molecular complexity index is 1340. The molecule has 0 aliphatic carbocycles. The van der Waals surface area contributed by atoms with Crippen molar-refractivity contribution in [3.8, 4) is 0 Å². The summed E-state index contributed by atoms with van der Waals surface area (Å²) in [4.78, 5) is 29.2. The lowest BCUT2D eigenvalue weighted by Crippen LogP contribution is -2.50. The summed E-state index contributed by atoms with van der Waals surface area (Å²) >= 11 is 0. The number of aromatic nitrogens is 1. The molecule has 0 atom stereocenters. The zero-order chi connectivity index (χ0) is 24.2. The monoisotopic (exact) mass is 471 g/mol. The number of esters is 1. The van der Waals surface area contributed by atoms with Crippen molar-refractivity contribution < 1.29 is 18.7 Å². The van der Waals surface area contributed by atoms with Crippen molar-refractivity contribution >= 4 is 28.5 Å². The maximum Gasteiger partial charge on any atom is 0.340 e. The molecule has 6 nitrogen and oxygen atoms in total. The van der Waals surface area contributed by atoms with Crippen LogP contribution < -0.4 is 4.90 Å². The van der Waals surface area contributed by atoms with E-state index in [1.807, 2.05) is 64.1 Å². The average Bonchev–Trinajstić information content (AvgIpc) is 3.26. The molecular weight excluding hydrogens is 445 g/mol. The number of hydrogen-bond donors (Lipinski definition) is 0. The van der Waals surface area contributed by atoms with Crippen LogP contribution in [-0.2, 0) is 16.1 Å². The molecule has 3 aromatic carbocycles. The van der Waals surface area contributed by atoms with Crippen LogP contribution in [0.4, 0.5) is 10.1 Å². The van der Waals surface area contributed by atoms with E-state index in [4.69, 9.17) is 4.74 Å². The minimum atomic E-state index is -0.522. The second-order valence-corrected chi connectivity index (χ2v) is 8.57. The normalized spacial score (nSPS) is 13.7. The summed E-state index contributed by atoms with van der Waals surface area (Å²) in [5, 5.41) is 0.791. The number of ether oxygens (including phenoxy) is 1. The third-order valence-corrected chi connectivity index (χ3v) is 6.36. The number of carbonyl (C=O) groups excluding carboxylic acids is 2. The third-order valence-electron chi connectivity index (χ3n) is 6.36. The Balaban J connectivity index is 1.22. The fourth-order valence-electron chi connectivity index (χ4n) is 4.52. The summed E-state index contributed by atoms with van der Waals surface area (Å²) in [5.74, 6) is -1.04. The van der Waals surface area contributed by atoms with E-state index in [1.54, 1.807) is 29.3 Å². The summed E-state index contributed by atoms with van der Waals surface area (Å²) in [6, 6.07) is 24.3. The van der Waals surface area contributed by atoms with E-state index in [-0.39, 0.29) is 18.3 Å². The van der Waals surface area contributed by atoms with Crippen molar-refractivity contribution in [1.82, 2.24) is 9.47 Å². The van der Waals surface area contributed by atoms with Gasteiger partial charge in [-0.05, 0) is 23.8 Å². The van der Waals surface area contributed by atoms with Gasteiger partial charge in [-0.25, -0.2) is 9.18 Å². The molecule has 0 spiro atoms. The van der Waals surface area contributed by atoms with E-state index in [0.29, 0.717) is 44.0 Å². The summed E-state index contributed by atoms with van der Waals surface area (Å²) in [6.07, 6.45) is 1.79. The number of amides is 1. The number of carbonyl (C=O) groups is 2. The van der Waals surface area contributed by atoms with Gasteiger partial charge in [-0.15, -0.1) is 0 Å². The van der Waals surface area contributed by atoms with Gasteiger partial charge in [0.25, 0.3) is 5.91 Å². The number of rotatable bonds is 6. The molecule has 0 radical (unpaired) electrons. The smallest absolute Gasteiger partial charge is 0.340 e. The van der Waals surface area contributed by atoms with Crippen LogP contribution >= 0.6 is 0 Å². The van der Waals surface area contributed by atoms with Gasteiger partial charge in [-0.2, -0.15) is 0 Å².